The van der Waals surface area contributed by atoms with E-state index in [2.05, 4.69) is 44.9 Å². The molecule has 0 spiro atoms. The van der Waals surface area contributed by atoms with Gasteiger partial charge in [0.15, 0.2) is 0 Å². The maximum absolute atomic E-state index is 11.9. The number of benzene rings is 2. The Morgan fingerprint density at radius 3 is 2.53 bits per heavy atom. The van der Waals surface area contributed by atoms with Crippen LogP contribution in [0.1, 0.15) is 12.8 Å². The maximum atomic E-state index is 11.9. The molecule has 0 aliphatic carbocycles. The van der Waals surface area contributed by atoms with E-state index in [0.29, 0.717) is 12.5 Å². The van der Waals surface area contributed by atoms with Crippen molar-refractivity contribution < 1.29 is 8.42 Å². The Morgan fingerprint density at radius 1 is 1.07 bits per heavy atom. The SMILES string of the molecule is CN(C)S(=O)(=O)NCC1CCN(c2nccc(-c3ccc4ccccc4c3)n2)CC1. The average molecular weight is 426 g/mol. The van der Waals surface area contributed by atoms with Crippen LogP contribution in [0.3, 0.4) is 0 Å². The third-order valence-electron chi connectivity index (χ3n) is 5.62. The Kier molecular flexibility index (Phi) is 5.99. The normalized spacial score (nSPS) is 15.8. The Balaban J connectivity index is 1.42. The van der Waals surface area contributed by atoms with Crippen LogP contribution in [0.5, 0.6) is 0 Å². The van der Waals surface area contributed by atoms with E-state index >= 15 is 0 Å². The lowest BCUT2D eigenvalue weighted by Gasteiger charge is -2.32. The molecule has 0 radical (unpaired) electrons. The van der Waals surface area contributed by atoms with Crippen molar-refractivity contribution in [2.75, 3.05) is 38.6 Å². The average Bonchev–Trinajstić information content (AvgIpc) is 2.78. The maximum Gasteiger partial charge on any atom is 0.278 e. The van der Waals surface area contributed by atoms with E-state index in [1.54, 1.807) is 0 Å². The molecule has 2 heterocycles. The number of fused-ring (bicyclic) bond motifs is 1. The molecule has 0 atom stereocenters. The number of nitrogens with zero attached hydrogens (tertiary/aromatic N) is 4. The van der Waals surface area contributed by atoms with Gasteiger partial charge in [-0.2, -0.15) is 12.7 Å². The summed E-state index contributed by atoms with van der Waals surface area (Å²) in [5.41, 5.74) is 1.98. The van der Waals surface area contributed by atoms with Crippen LogP contribution in [-0.2, 0) is 10.2 Å². The van der Waals surface area contributed by atoms with Crippen molar-refractivity contribution in [2.24, 2.45) is 5.92 Å². The number of anilines is 1. The van der Waals surface area contributed by atoms with Gasteiger partial charge in [-0.25, -0.2) is 14.7 Å². The fourth-order valence-corrected chi connectivity index (χ4v) is 4.40. The van der Waals surface area contributed by atoms with Crippen LogP contribution in [0.25, 0.3) is 22.0 Å². The lowest BCUT2D eigenvalue weighted by atomic mass is 9.97. The zero-order chi connectivity index (χ0) is 21.1. The van der Waals surface area contributed by atoms with E-state index in [4.69, 9.17) is 4.98 Å². The van der Waals surface area contributed by atoms with Crippen LogP contribution in [0.15, 0.2) is 54.7 Å². The molecule has 2 aromatic carbocycles. The molecular formula is C22H27N5O2S. The molecule has 1 fully saturated rings. The molecule has 1 aliphatic rings. The molecule has 8 heteroatoms. The van der Waals surface area contributed by atoms with Crippen molar-refractivity contribution in [1.82, 2.24) is 19.0 Å². The van der Waals surface area contributed by atoms with Gasteiger partial charge in [-0.3, -0.25) is 0 Å². The highest BCUT2D eigenvalue weighted by Crippen LogP contribution is 2.26. The monoisotopic (exact) mass is 425 g/mol. The van der Waals surface area contributed by atoms with Crippen molar-refractivity contribution >= 4 is 26.9 Å². The Labute approximate surface area is 177 Å². The van der Waals surface area contributed by atoms with Crippen molar-refractivity contribution in [2.45, 2.75) is 12.8 Å². The summed E-state index contributed by atoms with van der Waals surface area (Å²) < 4.78 is 27.7. The van der Waals surface area contributed by atoms with Gasteiger partial charge in [-0.05, 0) is 41.7 Å². The van der Waals surface area contributed by atoms with Gasteiger partial charge in [-0.15, -0.1) is 0 Å². The minimum Gasteiger partial charge on any atom is -0.341 e. The first-order valence-electron chi connectivity index (χ1n) is 10.2. The van der Waals surface area contributed by atoms with Gasteiger partial charge in [0.2, 0.25) is 5.95 Å². The van der Waals surface area contributed by atoms with Gasteiger partial charge < -0.3 is 4.90 Å². The summed E-state index contributed by atoms with van der Waals surface area (Å²) in [5, 5.41) is 2.40. The van der Waals surface area contributed by atoms with E-state index < -0.39 is 10.2 Å². The fourth-order valence-electron chi connectivity index (χ4n) is 3.70. The van der Waals surface area contributed by atoms with Crippen LogP contribution in [-0.4, -0.2) is 56.4 Å². The zero-order valence-electron chi connectivity index (χ0n) is 17.3. The molecule has 158 valence electrons. The Hall–Kier alpha value is -2.55. The van der Waals surface area contributed by atoms with E-state index in [-0.39, 0.29) is 0 Å². The highest BCUT2D eigenvalue weighted by atomic mass is 32.2. The number of piperidine rings is 1. The van der Waals surface area contributed by atoms with E-state index in [0.717, 1.165) is 43.1 Å². The minimum atomic E-state index is -3.37. The predicted octanol–water partition coefficient (Wildman–Crippen LogP) is 2.91. The lowest BCUT2D eigenvalue weighted by Crippen LogP contribution is -2.42. The molecule has 0 amide bonds. The smallest absolute Gasteiger partial charge is 0.278 e. The molecule has 4 rings (SSSR count). The highest BCUT2D eigenvalue weighted by molar-refractivity contribution is 7.87. The third-order valence-corrected chi connectivity index (χ3v) is 7.11. The topological polar surface area (TPSA) is 78.4 Å². The molecular weight excluding hydrogens is 398 g/mol. The van der Waals surface area contributed by atoms with Crippen molar-refractivity contribution in [1.29, 1.82) is 0 Å². The molecule has 1 saturated heterocycles. The second-order valence-electron chi connectivity index (χ2n) is 7.87. The quantitative estimate of drug-likeness (QED) is 0.657. The number of hydrogen-bond donors (Lipinski definition) is 1. The number of hydrogen-bond acceptors (Lipinski definition) is 5. The molecule has 0 saturated carbocycles. The van der Waals surface area contributed by atoms with Gasteiger partial charge in [0, 0.05) is 45.5 Å². The molecule has 3 aromatic rings. The first-order chi connectivity index (χ1) is 14.4. The molecule has 0 bridgehead atoms. The number of rotatable bonds is 6. The van der Waals surface area contributed by atoms with Crippen molar-refractivity contribution in [3.8, 4) is 11.3 Å². The summed E-state index contributed by atoms with van der Waals surface area (Å²) in [6.45, 7) is 2.09. The molecule has 7 nitrogen and oxygen atoms in total. The van der Waals surface area contributed by atoms with E-state index in [1.165, 1.54) is 29.2 Å². The molecule has 30 heavy (non-hydrogen) atoms. The second-order valence-corrected chi connectivity index (χ2v) is 9.84. The summed E-state index contributed by atoms with van der Waals surface area (Å²) in [5.74, 6) is 1.05. The summed E-state index contributed by atoms with van der Waals surface area (Å²) >= 11 is 0. The largest absolute Gasteiger partial charge is 0.341 e. The molecule has 1 aromatic heterocycles. The molecule has 1 N–H and O–H groups in total. The van der Waals surface area contributed by atoms with E-state index in [1.807, 2.05) is 24.4 Å². The van der Waals surface area contributed by atoms with Gasteiger partial charge in [0.05, 0.1) is 5.69 Å². The van der Waals surface area contributed by atoms with Gasteiger partial charge in [-0.1, -0.05) is 36.4 Å². The Morgan fingerprint density at radius 2 is 1.80 bits per heavy atom. The second kappa shape index (κ2) is 8.67. The molecule has 1 aliphatic heterocycles. The van der Waals surface area contributed by atoms with Gasteiger partial charge in [0.25, 0.3) is 10.2 Å². The first-order valence-corrected chi connectivity index (χ1v) is 11.6. The summed E-state index contributed by atoms with van der Waals surface area (Å²) in [4.78, 5) is 11.5. The fraction of sp³-hybridized carbons (Fsp3) is 0.364. The van der Waals surface area contributed by atoms with Crippen LogP contribution in [0.4, 0.5) is 5.95 Å². The first kappa shape index (κ1) is 20.7. The zero-order valence-corrected chi connectivity index (χ0v) is 18.1. The highest BCUT2D eigenvalue weighted by Gasteiger charge is 2.23. The Bertz CT molecular complexity index is 1130. The predicted molar refractivity (Wildman–Crippen MR) is 121 cm³/mol. The van der Waals surface area contributed by atoms with E-state index in [9.17, 15) is 8.42 Å². The number of nitrogens with one attached hydrogen (secondary N) is 1. The van der Waals surface area contributed by atoms with Crippen molar-refractivity contribution in [3.05, 3.63) is 54.7 Å². The summed E-state index contributed by atoms with van der Waals surface area (Å²) in [6.07, 6.45) is 3.61. The number of aromatic nitrogens is 2. The summed E-state index contributed by atoms with van der Waals surface area (Å²) in [6, 6.07) is 16.6. The third kappa shape index (κ3) is 4.61. The van der Waals surface area contributed by atoms with Gasteiger partial charge >= 0.3 is 0 Å². The summed E-state index contributed by atoms with van der Waals surface area (Å²) in [7, 11) is -0.305. The van der Waals surface area contributed by atoms with Crippen LogP contribution in [0, 0.1) is 5.92 Å². The van der Waals surface area contributed by atoms with Crippen molar-refractivity contribution in [3.63, 3.8) is 0 Å². The standard InChI is InChI=1S/C22H27N5O2S/c1-26(2)30(28,29)24-16-17-10-13-27(14-11-17)22-23-12-9-21(25-22)20-8-7-18-5-3-4-6-19(18)15-20/h3-9,12,15,17,24H,10-11,13-14,16H2,1-2H3. The van der Waals surface area contributed by atoms with Crippen LogP contribution < -0.4 is 9.62 Å². The minimum absolute atomic E-state index is 0.319. The van der Waals surface area contributed by atoms with Crippen LogP contribution >= 0.6 is 0 Å². The van der Waals surface area contributed by atoms with Gasteiger partial charge in [0.1, 0.15) is 0 Å². The lowest BCUT2D eigenvalue weighted by molar-refractivity contribution is 0.394. The molecule has 0 unspecified atom stereocenters. The van der Waals surface area contributed by atoms with Crippen LogP contribution in [0.2, 0.25) is 0 Å².